The SMILES string of the molecule is CC.Cc1cccnc1NC(=O)c1ccc(-c2cnn(C)c2C(=O)NS(=O)(=O)C(F)(F)F)cc1. The van der Waals surface area contributed by atoms with Gasteiger partial charge < -0.3 is 5.32 Å². The van der Waals surface area contributed by atoms with E-state index >= 15 is 0 Å². The van der Waals surface area contributed by atoms with Crippen LogP contribution in [0.25, 0.3) is 11.1 Å². The third-order valence-corrected chi connectivity index (χ3v) is 5.45. The summed E-state index contributed by atoms with van der Waals surface area (Å²) in [5.41, 5.74) is -4.62. The fraction of sp³-hybridized carbons (Fsp3) is 0.238. The molecule has 9 nitrogen and oxygen atoms in total. The Morgan fingerprint density at radius 3 is 2.21 bits per heavy atom. The lowest BCUT2D eigenvalue weighted by Gasteiger charge is -2.11. The Labute approximate surface area is 194 Å². The lowest BCUT2D eigenvalue weighted by molar-refractivity contribution is -0.0446. The van der Waals surface area contributed by atoms with Gasteiger partial charge in [0.1, 0.15) is 11.5 Å². The second kappa shape index (κ2) is 10.5. The zero-order valence-electron chi connectivity index (χ0n) is 18.6. The number of nitrogens with zero attached hydrogens (tertiary/aromatic N) is 3. The number of anilines is 1. The number of sulfonamides is 1. The Bertz CT molecular complexity index is 1290. The molecule has 3 rings (SSSR count). The van der Waals surface area contributed by atoms with Gasteiger partial charge >= 0.3 is 15.5 Å². The van der Waals surface area contributed by atoms with E-state index in [4.69, 9.17) is 0 Å². The third-order valence-electron chi connectivity index (χ3n) is 4.39. The second-order valence-corrected chi connectivity index (χ2v) is 8.29. The molecule has 0 aliphatic carbocycles. The van der Waals surface area contributed by atoms with Crippen LogP contribution in [0.5, 0.6) is 0 Å². The number of alkyl halides is 3. The maximum Gasteiger partial charge on any atom is 0.516 e. The Hall–Kier alpha value is -3.74. The van der Waals surface area contributed by atoms with Gasteiger partial charge in [-0.15, -0.1) is 0 Å². The minimum absolute atomic E-state index is 0.0786. The zero-order chi connectivity index (χ0) is 25.7. The van der Waals surface area contributed by atoms with Crippen LogP contribution in [0.1, 0.15) is 40.3 Å². The van der Waals surface area contributed by atoms with E-state index in [1.807, 2.05) is 13.8 Å². The first-order chi connectivity index (χ1) is 15.9. The van der Waals surface area contributed by atoms with E-state index in [1.165, 1.54) is 43.7 Å². The molecule has 1 aromatic carbocycles. The summed E-state index contributed by atoms with van der Waals surface area (Å²) in [5.74, 6) is -1.55. The number of benzene rings is 1. The van der Waals surface area contributed by atoms with Crippen LogP contribution >= 0.6 is 0 Å². The molecule has 0 aliphatic rings. The molecule has 0 unspecified atom stereocenters. The molecule has 0 radical (unpaired) electrons. The number of rotatable bonds is 5. The molecule has 0 spiro atoms. The first-order valence-electron chi connectivity index (χ1n) is 9.89. The lowest BCUT2D eigenvalue weighted by Crippen LogP contribution is -2.41. The first kappa shape index (κ1) is 26.5. The molecule has 0 saturated heterocycles. The fourth-order valence-electron chi connectivity index (χ4n) is 2.74. The zero-order valence-corrected chi connectivity index (χ0v) is 19.5. The molecule has 2 heterocycles. The highest BCUT2D eigenvalue weighted by atomic mass is 32.2. The van der Waals surface area contributed by atoms with Crippen LogP contribution < -0.4 is 10.0 Å². The van der Waals surface area contributed by atoms with E-state index < -0.39 is 33.0 Å². The van der Waals surface area contributed by atoms with Crippen molar-refractivity contribution >= 4 is 27.7 Å². The molecular formula is C21H22F3N5O4S. The summed E-state index contributed by atoms with van der Waals surface area (Å²) in [4.78, 5) is 28.8. The van der Waals surface area contributed by atoms with Gasteiger partial charge in [0, 0.05) is 24.4 Å². The van der Waals surface area contributed by atoms with Gasteiger partial charge in [-0.05, 0) is 36.2 Å². The van der Waals surface area contributed by atoms with Crippen LogP contribution in [0.3, 0.4) is 0 Å². The van der Waals surface area contributed by atoms with Gasteiger partial charge in [0.05, 0.1) is 6.20 Å². The van der Waals surface area contributed by atoms with Crippen molar-refractivity contribution < 1.29 is 31.2 Å². The van der Waals surface area contributed by atoms with E-state index in [-0.39, 0.29) is 11.1 Å². The predicted octanol–water partition coefficient (Wildman–Crippen LogP) is 3.65. The van der Waals surface area contributed by atoms with Crippen LogP contribution in [0.4, 0.5) is 19.0 Å². The summed E-state index contributed by atoms with van der Waals surface area (Å²) in [6, 6.07) is 9.27. The van der Waals surface area contributed by atoms with Crippen molar-refractivity contribution in [3.05, 3.63) is 65.6 Å². The number of pyridine rings is 1. The minimum atomic E-state index is -5.89. The topological polar surface area (TPSA) is 123 Å². The minimum Gasteiger partial charge on any atom is -0.306 e. The normalized spacial score (nSPS) is 11.3. The Kier molecular flexibility index (Phi) is 8.16. The summed E-state index contributed by atoms with van der Waals surface area (Å²) in [7, 11) is -4.62. The third kappa shape index (κ3) is 5.78. The number of aryl methyl sites for hydroxylation is 2. The van der Waals surface area contributed by atoms with Gasteiger partial charge in [-0.3, -0.25) is 14.3 Å². The van der Waals surface area contributed by atoms with Gasteiger partial charge in [0.25, 0.3) is 11.8 Å². The van der Waals surface area contributed by atoms with Crippen LogP contribution in [0.2, 0.25) is 0 Å². The van der Waals surface area contributed by atoms with Crippen LogP contribution in [0, 0.1) is 6.92 Å². The highest BCUT2D eigenvalue weighted by molar-refractivity contribution is 7.90. The van der Waals surface area contributed by atoms with Crippen molar-refractivity contribution in [2.24, 2.45) is 7.05 Å². The molecule has 0 saturated carbocycles. The van der Waals surface area contributed by atoms with Crippen molar-refractivity contribution in [1.82, 2.24) is 19.5 Å². The molecule has 13 heteroatoms. The van der Waals surface area contributed by atoms with E-state index in [1.54, 1.807) is 19.1 Å². The molecular weight excluding hydrogens is 475 g/mol. The number of carbonyl (C=O) groups is 2. The average Bonchev–Trinajstić information content (AvgIpc) is 3.17. The van der Waals surface area contributed by atoms with Gasteiger partial charge in [-0.1, -0.05) is 32.0 Å². The largest absolute Gasteiger partial charge is 0.516 e. The van der Waals surface area contributed by atoms with Gasteiger partial charge in [0.2, 0.25) is 0 Å². The molecule has 2 aromatic heterocycles. The Morgan fingerprint density at radius 1 is 1.03 bits per heavy atom. The summed E-state index contributed by atoms with van der Waals surface area (Å²) >= 11 is 0. The highest BCUT2D eigenvalue weighted by Crippen LogP contribution is 2.26. The summed E-state index contributed by atoms with van der Waals surface area (Å²) < 4.78 is 62.3. The first-order valence-corrected chi connectivity index (χ1v) is 11.4. The monoisotopic (exact) mass is 497 g/mol. The van der Waals surface area contributed by atoms with Crippen molar-refractivity contribution in [1.29, 1.82) is 0 Å². The second-order valence-electron chi connectivity index (χ2n) is 6.61. The number of hydrogen-bond donors (Lipinski definition) is 2. The van der Waals surface area contributed by atoms with E-state index in [2.05, 4.69) is 15.4 Å². The number of hydrogen-bond acceptors (Lipinski definition) is 6. The smallest absolute Gasteiger partial charge is 0.306 e. The summed E-state index contributed by atoms with van der Waals surface area (Å²) in [6.45, 7) is 5.78. The van der Waals surface area contributed by atoms with Crippen molar-refractivity contribution in [2.45, 2.75) is 26.3 Å². The highest BCUT2D eigenvalue weighted by Gasteiger charge is 2.47. The predicted molar refractivity (Wildman–Crippen MR) is 119 cm³/mol. The fourth-order valence-corrected chi connectivity index (χ4v) is 3.20. The van der Waals surface area contributed by atoms with E-state index in [0.717, 1.165) is 15.0 Å². The van der Waals surface area contributed by atoms with Gasteiger partial charge in [0.15, 0.2) is 0 Å². The van der Waals surface area contributed by atoms with Gasteiger partial charge in [-0.25, -0.2) is 9.71 Å². The van der Waals surface area contributed by atoms with Gasteiger partial charge in [-0.2, -0.15) is 26.7 Å². The van der Waals surface area contributed by atoms with Crippen molar-refractivity contribution in [3.63, 3.8) is 0 Å². The molecule has 0 atom stereocenters. The summed E-state index contributed by atoms with van der Waals surface area (Å²) in [6.07, 6.45) is 2.72. The molecule has 2 N–H and O–H groups in total. The standard InChI is InChI=1S/C19H16F3N5O4S.C2H6/c1-11-4-3-9-23-16(11)25-17(28)13-7-5-12(6-8-13)14-10-24-27(2)15(14)18(29)26-32(30,31)19(20,21)22;1-2/h3-10H,1-2H3,(H,26,29)(H,23,25,28);1-2H3. The average molecular weight is 497 g/mol. The van der Waals surface area contributed by atoms with E-state index in [9.17, 15) is 31.2 Å². The quantitative estimate of drug-likeness (QED) is 0.555. The Balaban J connectivity index is 0.00000199. The maximum atomic E-state index is 12.6. The van der Waals surface area contributed by atoms with Crippen molar-refractivity contribution in [2.75, 3.05) is 5.32 Å². The molecule has 2 amide bonds. The number of amides is 2. The molecule has 34 heavy (non-hydrogen) atoms. The van der Waals surface area contributed by atoms with Crippen LogP contribution in [-0.2, 0) is 17.1 Å². The number of nitrogens with one attached hydrogen (secondary N) is 2. The molecule has 0 aliphatic heterocycles. The number of aromatic nitrogens is 3. The summed E-state index contributed by atoms with van der Waals surface area (Å²) in [5, 5.41) is 6.48. The number of halogens is 3. The molecule has 182 valence electrons. The maximum absolute atomic E-state index is 12.6. The van der Waals surface area contributed by atoms with E-state index in [0.29, 0.717) is 11.4 Å². The van der Waals surface area contributed by atoms with Crippen molar-refractivity contribution in [3.8, 4) is 11.1 Å². The lowest BCUT2D eigenvalue weighted by atomic mass is 10.0. The molecule has 0 bridgehead atoms. The Morgan fingerprint density at radius 2 is 1.65 bits per heavy atom. The number of carbonyl (C=O) groups excluding carboxylic acids is 2. The molecule has 0 fully saturated rings. The van der Waals surface area contributed by atoms with Crippen LogP contribution in [-0.4, -0.2) is 40.5 Å². The van der Waals surface area contributed by atoms with Crippen LogP contribution in [0.15, 0.2) is 48.8 Å². The molecule has 3 aromatic rings.